The van der Waals surface area contributed by atoms with E-state index in [0.717, 1.165) is 24.2 Å². The molecule has 2 aromatic carbocycles. The molecule has 5 rings (SSSR count). The molecule has 7 nitrogen and oxygen atoms in total. The molecule has 1 fully saturated rings. The number of halogens is 1. The standard InChI is InChI=1S/C25H24ClN5O2/c26-20-8-4-9-21-23(20)19(17-31(21)25-27-10-5-11-28-25)24(32)29-16-22(18-6-2-1-3-7-18)30-12-14-33-15-13-30/h1-11,17,22H,12-16H2,(H,29,32). The summed E-state index contributed by atoms with van der Waals surface area (Å²) in [5.74, 6) is 0.302. The van der Waals surface area contributed by atoms with Crippen LogP contribution in [-0.2, 0) is 4.74 Å². The van der Waals surface area contributed by atoms with E-state index >= 15 is 0 Å². The van der Waals surface area contributed by atoms with E-state index in [9.17, 15) is 4.79 Å². The van der Waals surface area contributed by atoms with Crippen LogP contribution in [0.3, 0.4) is 0 Å². The predicted octanol–water partition coefficient (Wildman–Crippen LogP) is 3.88. The molecule has 168 valence electrons. The quantitative estimate of drug-likeness (QED) is 0.472. The molecule has 0 spiro atoms. The number of aromatic nitrogens is 3. The smallest absolute Gasteiger partial charge is 0.253 e. The van der Waals surface area contributed by atoms with Gasteiger partial charge in [0.1, 0.15) is 0 Å². The van der Waals surface area contributed by atoms with Gasteiger partial charge in [-0.1, -0.05) is 48.0 Å². The third kappa shape index (κ3) is 4.48. The molecule has 0 bridgehead atoms. The van der Waals surface area contributed by atoms with E-state index < -0.39 is 0 Å². The molecule has 1 unspecified atom stereocenters. The summed E-state index contributed by atoms with van der Waals surface area (Å²) in [4.78, 5) is 24.4. The Hall–Kier alpha value is -3.26. The van der Waals surface area contributed by atoms with Gasteiger partial charge in [-0.3, -0.25) is 14.3 Å². The molecule has 0 radical (unpaired) electrons. The number of carbonyl (C=O) groups excluding carboxylic acids is 1. The van der Waals surface area contributed by atoms with Crippen molar-refractivity contribution >= 4 is 28.4 Å². The molecule has 1 amide bonds. The van der Waals surface area contributed by atoms with Gasteiger partial charge in [0.2, 0.25) is 5.95 Å². The zero-order chi connectivity index (χ0) is 22.6. The lowest BCUT2D eigenvalue weighted by molar-refractivity contribution is 0.0162. The van der Waals surface area contributed by atoms with E-state index in [1.807, 2.05) is 30.3 Å². The molecule has 33 heavy (non-hydrogen) atoms. The normalized spacial score (nSPS) is 15.4. The molecule has 1 aliphatic rings. The van der Waals surface area contributed by atoms with Gasteiger partial charge < -0.3 is 10.1 Å². The van der Waals surface area contributed by atoms with E-state index in [1.54, 1.807) is 35.3 Å². The summed E-state index contributed by atoms with van der Waals surface area (Å²) in [5, 5.41) is 4.35. The number of fused-ring (bicyclic) bond motifs is 1. The molecule has 0 aliphatic carbocycles. The number of ether oxygens (including phenoxy) is 1. The number of rotatable bonds is 6. The van der Waals surface area contributed by atoms with Gasteiger partial charge in [0.15, 0.2) is 0 Å². The first-order valence-electron chi connectivity index (χ1n) is 10.9. The predicted molar refractivity (Wildman–Crippen MR) is 128 cm³/mol. The van der Waals surface area contributed by atoms with E-state index in [2.05, 4.69) is 32.3 Å². The van der Waals surface area contributed by atoms with Crippen LogP contribution in [-0.4, -0.2) is 58.2 Å². The molecule has 3 heterocycles. The molecule has 1 atom stereocenters. The molecule has 4 aromatic rings. The first-order chi connectivity index (χ1) is 16.2. The maximum atomic E-state index is 13.4. The van der Waals surface area contributed by atoms with Gasteiger partial charge >= 0.3 is 0 Å². The van der Waals surface area contributed by atoms with Crippen LogP contribution in [0, 0.1) is 0 Å². The van der Waals surface area contributed by atoms with Crippen molar-refractivity contribution in [3.05, 3.63) is 89.3 Å². The fraction of sp³-hybridized carbons (Fsp3) is 0.240. The summed E-state index contributed by atoms with van der Waals surface area (Å²) in [7, 11) is 0. The van der Waals surface area contributed by atoms with Crippen LogP contribution < -0.4 is 5.32 Å². The van der Waals surface area contributed by atoms with Crippen molar-refractivity contribution in [3.63, 3.8) is 0 Å². The summed E-state index contributed by atoms with van der Waals surface area (Å²) in [6.45, 7) is 3.51. The SMILES string of the molecule is O=C(NCC(c1ccccc1)N1CCOCC1)c1cn(-c2ncccn2)c2cccc(Cl)c12. The summed E-state index contributed by atoms with van der Waals surface area (Å²) in [6.07, 6.45) is 5.10. The lowest BCUT2D eigenvalue weighted by Gasteiger charge is -2.34. The largest absolute Gasteiger partial charge is 0.379 e. The maximum Gasteiger partial charge on any atom is 0.253 e. The first-order valence-corrected chi connectivity index (χ1v) is 11.3. The monoisotopic (exact) mass is 461 g/mol. The molecular weight excluding hydrogens is 438 g/mol. The van der Waals surface area contributed by atoms with Crippen LogP contribution in [0.4, 0.5) is 0 Å². The number of morpholine rings is 1. The van der Waals surface area contributed by atoms with E-state index in [-0.39, 0.29) is 11.9 Å². The second-order valence-corrected chi connectivity index (χ2v) is 8.29. The second-order valence-electron chi connectivity index (χ2n) is 7.88. The Kier molecular flexibility index (Phi) is 6.35. The lowest BCUT2D eigenvalue weighted by Crippen LogP contribution is -2.43. The minimum Gasteiger partial charge on any atom is -0.379 e. The van der Waals surface area contributed by atoms with E-state index in [4.69, 9.17) is 16.3 Å². The fourth-order valence-electron chi connectivity index (χ4n) is 4.30. The van der Waals surface area contributed by atoms with E-state index in [1.165, 1.54) is 0 Å². The van der Waals surface area contributed by atoms with Gasteiger partial charge in [0.25, 0.3) is 5.91 Å². The van der Waals surface area contributed by atoms with Crippen molar-refractivity contribution in [2.24, 2.45) is 0 Å². The van der Waals surface area contributed by atoms with Crippen LogP contribution in [0.1, 0.15) is 22.0 Å². The molecule has 8 heteroatoms. The van der Waals surface area contributed by atoms with Crippen molar-refractivity contribution in [3.8, 4) is 5.95 Å². The highest BCUT2D eigenvalue weighted by Gasteiger charge is 2.25. The summed E-state index contributed by atoms with van der Waals surface area (Å²) in [6, 6.07) is 17.6. The Morgan fingerprint density at radius 1 is 1.03 bits per heavy atom. The Bertz CT molecular complexity index is 1240. The first kappa shape index (κ1) is 21.6. The number of amides is 1. The summed E-state index contributed by atoms with van der Waals surface area (Å²) >= 11 is 6.53. The van der Waals surface area contributed by atoms with Crippen molar-refractivity contribution in [2.45, 2.75) is 6.04 Å². The number of benzene rings is 2. The lowest BCUT2D eigenvalue weighted by atomic mass is 10.0. The van der Waals surface area contributed by atoms with Crippen LogP contribution in [0.25, 0.3) is 16.9 Å². The number of nitrogens with one attached hydrogen (secondary N) is 1. The maximum absolute atomic E-state index is 13.4. The van der Waals surface area contributed by atoms with Gasteiger partial charge in [-0.05, 0) is 23.8 Å². The van der Waals surface area contributed by atoms with Crippen LogP contribution in [0.15, 0.2) is 73.2 Å². The summed E-state index contributed by atoms with van der Waals surface area (Å²) < 4.78 is 7.33. The summed E-state index contributed by atoms with van der Waals surface area (Å²) in [5.41, 5.74) is 2.45. The number of carbonyl (C=O) groups is 1. The van der Waals surface area contributed by atoms with Gasteiger partial charge in [-0.15, -0.1) is 0 Å². The van der Waals surface area contributed by atoms with Crippen molar-refractivity contribution in [1.29, 1.82) is 0 Å². The Labute approximate surface area is 197 Å². The minimum atomic E-state index is -0.183. The zero-order valence-corrected chi connectivity index (χ0v) is 18.8. The van der Waals surface area contributed by atoms with Gasteiger partial charge in [0, 0.05) is 43.6 Å². The molecular formula is C25H24ClN5O2. The number of hydrogen-bond acceptors (Lipinski definition) is 5. The highest BCUT2D eigenvalue weighted by atomic mass is 35.5. The topological polar surface area (TPSA) is 72.3 Å². The van der Waals surface area contributed by atoms with Crippen molar-refractivity contribution < 1.29 is 9.53 Å². The molecule has 1 aliphatic heterocycles. The van der Waals surface area contributed by atoms with Gasteiger partial charge in [0.05, 0.1) is 35.4 Å². The Morgan fingerprint density at radius 2 is 1.79 bits per heavy atom. The highest BCUT2D eigenvalue weighted by Crippen LogP contribution is 2.30. The molecule has 2 aromatic heterocycles. The number of hydrogen-bond donors (Lipinski definition) is 1. The van der Waals surface area contributed by atoms with Crippen molar-refractivity contribution in [2.75, 3.05) is 32.8 Å². The Balaban J connectivity index is 1.45. The highest BCUT2D eigenvalue weighted by molar-refractivity contribution is 6.37. The third-order valence-electron chi connectivity index (χ3n) is 5.92. The zero-order valence-electron chi connectivity index (χ0n) is 18.0. The molecule has 0 saturated carbocycles. The average molecular weight is 462 g/mol. The second kappa shape index (κ2) is 9.70. The third-order valence-corrected chi connectivity index (χ3v) is 6.23. The molecule has 1 N–H and O–H groups in total. The van der Waals surface area contributed by atoms with Crippen LogP contribution in [0.5, 0.6) is 0 Å². The Morgan fingerprint density at radius 3 is 2.55 bits per heavy atom. The van der Waals surface area contributed by atoms with Crippen molar-refractivity contribution in [1.82, 2.24) is 24.8 Å². The molecule has 1 saturated heterocycles. The number of nitrogens with zero attached hydrogens (tertiary/aromatic N) is 4. The average Bonchev–Trinajstić information content (AvgIpc) is 3.27. The van der Waals surface area contributed by atoms with Crippen LogP contribution >= 0.6 is 11.6 Å². The van der Waals surface area contributed by atoms with Crippen LogP contribution in [0.2, 0.25) is 5.02 Å². The van der Waals surface area contributed by atoms with Gasteiger partial charge in [-0.25, -0.2) is 9.97 Å². The van der Waals surface area contributed by atoms with Gasteiger partial charge in [-0.2, -0.15) is 0 Å². The van der Waals surface area contributed by atoms with E-state index in [0.29, 0.717) is 41.7 Å². The fourth-order valence-corrected chi connectivity index (χ4v) is 4.57. The minimum absolute atomic E-state index is 0.0559.